The normalized spacial score (nSPS) is 11.2. The molecule has 0 bridgehead atoms. The summed E-state index contributed by atoms with van der Waals surface area (Å²) in [6.45, 7) is 4.27. The number of ether oxygens (including phenoxy) is 1. The summed E-state index contributed by atoms with van der Waals surface area (Å²) in [5.74, 6) is 0.0619. The standard InChI is InChI=1S/C29H23ClN2O2/c1-19-10-12-27(20(2)14-19)32-29(33)24(17-31)15-21-11-13-28(26(30)16-21)34-18-23-8-5-7-22-6-3-4-9-25(22)23/h3-16H,18H2,1-2H3,(H,32,33)/b24-15+. The maximum Gasteiger partial charge on any atom is 0.266 e. The Morgan fingerprint density at radius 3 is 2.59 bits per heavy atom. The van der Waals surface area contributed by atoms with Gasteiger partial charge in [-0.25, -0.2) is 0 Å². The second-order valence-corrected chi connectivity index (χ2v) is 8.47. The van der Waals surface area contributed by atoms with Crippen molar-refractivity contribution in [2.45, 2.75) is 20.5 Å². The highest BCUT2D eigenvalue weighted by atomic mass is 35.5. The van der Waals surface area contributed by atoms with E-state index in [2.05, 4.69) is 23.5 Å². The van der Waals surface area contributed by atoms with Crippen LogP contribution in [0.15, 0.2) is 84.4 Å². The van der Waals surface area contributed by atoms with E-state index in [-0.39, 0.29) is 5.57 Å². The lowest BCUT2D eigenvalue weighted by atomic mass is 10.1. The number of aryl methyl sites for hydroxylation is 2. The fourth-order valence-electron chi connectivity index (χ4n) is 3.76. The van der Waals surface area contributed by atoms with E-state index >= 15 is 0 Å². The van der Waals surface area contributed by atoms with E-state index in [1.54, 1.807) is 18.2 Å². The molecule has 0 saturated heterocycles. The van der Waals surface area contributed by atoms with Crippen molar-refractivity contribution in [3.8, 4) is 11.8 Å². The van der Waals surface area contributed by atoms with Gasteiger partial charge in [0.2, 0.25) is 0 Å². The minimum atomic E-state index is -0.471. The molecule has 0 atom stereocenters. The van der Waals surface area contributed by atoms with Crippen LogP contribution in [0.2, 0.25) is 5.02 Å². The number of hydrogen-bond acceptors (Lipinski definition) is 3. The first-order valence-corrected chi connectivity index (χ1v) is 11.2. The van der Waals surface area contributed by atoms with Gasteiger partial charge in [0, 0.05) is 5.69 Å². The summed E-state index contributed by atoms with van der Waals surface area (Å²) in [5, 5.41) is 15.0. The van der Waals surface area contributed by atoms with Gasteiger partial charge in [-0.15, -0.1) is 0 Å². The molecular weight excluding hydrogens is 444 g/mol. The van der Waals surface area contributed by atoms with Gasteiger partial charge in [0.25, 0.3) is 5.91 Å². The second kappa shape index (κ2) is 10.2. The Kier molecular flexibility index (Phi) is 6.96. The molecule has 168 valence electrons. The number of nitriles is 1. The van der Waals surface area contributed by atoms with Gasteiger partial charge in [-0.2, -0.15) is 5.26 Å². The van der Waals surface area contributed by atoms with Gasteiger partial charge in [-0.3, -0.25) is 4.79 Å². The lowest BCUT2D eigenvalue weighted by Gasteiger charge is -2.11. The number of rotatable bonds is 6. The summed E-state index contributed by atoms with van der Waals surface area (Å²) in [6, 6.07) is 27.1. The van der Waals surface area contributed by atoms with Gasteiger partial charge < -0.3 is 10.1 Å². The van der Waals surface area contributed by atoms with Crippen molar-refractivity contribution in [2.24, 2.45) is 0 Å². The quantitative estimate of drug-likeness (QED) is 0.241. The molecule has 1 N–H and O–H groups in total. The fraction of sp³-hybridized carbons (Fsp3) is 0.103. The summed E-state index contributed by atoms with van der Waals surface area (Å²) in [7, 11) is 0. The Morgan fingerprint density at radius 2 is 1.82 bits per heavy atom. The van der Waals surface area contributed by atoms with Crippen molar-refractivity contribution in [3.05, 3.63) is 112 Å². The van der Waals surface area contributed by atoms with E-state index in [1.807, 2.05) is 62.4 Å². The third-order valence-corrected chi connectivity index (χ3v) is 5.82. The number of nitrogens with zero attached hydrogens (tertiary/aromatic N) is 1. The maximum absolute atomic E-state index is 12.6. The summed E-state index contributed by atoms with van der Waals surface area (Å²) in [5.41, 5.74) is 4.39. The van der Waals surface area contributed by atoms with Gasteiger partial charge in [0.1, 0.15) is 24.0 Å². The largest absolute Gasteiger partial charge is 0.487 e. The summed E-state index contributed by atoms with van der Waals surface area (Å²) in [4.78, 5) is 12.6. The van der Waals surface area contributed by atoms with E-state index in [0.29, 0.717) is 28.6 Å². The van der Waals surface area contributed by atoms with Crippen LogP contribution < -0.4 is 10.1 Å². The first kappa shape index (κ1) is 23.1. The highest BCUT2D eigenvalue weighted by Gasteiger charge is 2.12. The molecule has 0 aliphatic heterocycles. The van der Waals surface area contributed by atoms with Crippen molar-refractivity contribution < 1.29 is 9.53 Å². The van der Waals surface area contributed by atoms with Gasteiger partial charge in [-0.1, -0.05) is 77.8 Å². The van der Waals surface area contributed by atoms with Crippen LogP contribution >= 0.6 is 11.6 Å². The van der Waals surface area contributed by atoms with Crippen molar-refractivity contribution in [3.63, 3.8) is 0 Å². The Morgan fingerprint density at radius 1 is 1.03 bits per heavy atom. The van der Waals surface area contributed by atoms with Crippen LogP contribution in [-0.2, 0) is 11.4 Å². The van der Waals surface area contributed by atoms with E-state index in [0.717, 1.165) is 27.5 Å². The molecule has 0 unspecified atom stereocenters. The molecule has 4 rings (SSSR count). The average molecular weight is 467 g/mol. The monoisotopic (exact) mass is 466 g/mol. The molecule has 0 aromatic heterocycles. The number of fused-ring (bicyclic) bond motifs is 1. The summed E-state index contributed by atoms with van der Waals surface area (Å²) >= 11 is 6.45. The number of carbonyl (C=O) groups excluding carboxylic acids is 1. The zero-order valence-corrected chi connectivity index (χ0v) is 19.7. The maximum atomic E-state index is 12.6. The lowest BCUT2D eigenvalue weighted by molar-refractivity contribution is -0.112. The van der Waals surface area contributed by atoms with Gasteiger partial charge in [-0.05, 0) is 65.6 Å². The summed E-state index contributed by atoms with van der Waals surface area (Å²) in [6.07, 6.45) is 1.51. The zero-order chi connectivity index (χ0) is 24.1. The predicted molar refractivity (Wildman–Crippen MR) is 138 cm³/mol. The van der Waals surface area contributed by atoms with Crippen LogP contribution in [0.3, 0.4) is 0 Å². The second-order valence-electron chi connectivity index (χ2n) is 8.06. The molecule has 4 aromatic carbocycles. The Bertz CT molecular complexity index is 1450. The van der Waals surface area contributed by atoms with Crippen molar-refractivity contribution in [2.75, 3.05) is 5.32 Å². The number of nitrogens with one attached hydrogen (secondary N) is 1. The van der Waals surface area contributed by atoms with Gasteiger partial charge in [0.05, 0.1) is 5.02 Å². The molecule has 0 heterocycles. The third-order valence-electron chi connectivity index (χ3n) is 5.53. The van der Waals surface area contributed by atoms with Crippen LogP contribution in [0.5, 0.6) is 5.75 Å². The molecule has 0 aliphatic carbocycles. The first-order valence-electron chi connectivity index (χ1n) is 10.8. The number of benzene rings is 4. The van der Waals surface area contributed by atoms with E-state index < -0.39 is 5.91 Å². The molecular formula is C29H23ClN2O2. The fourth-order valence-corrected chi connectivity index (χ4v) is 4.00. The molecule has 1 amide bonds. The third kappa shape index (κ3) is 5.28. The van der Waals surface area contributed by atoms with Gasteiger partial charge in [0.15, 0.2) is 0 Å². The predicted octanol–water partition coefficient (Wildman–Crippen LogP) is 7.23. The summed E-state index contributed by atoms with van der Waals surface area (Å²) < 4.78 is 5.97. The van der Waals surface area contributed by atoms with Crippen molar-refractivity contribution >= 4 is 40.0 Å². The SMILES string of the molecule is Cc1ccc(NC(=O)/C(C#N)=C/c2ccc(OCc3cccc4ccccc34)c(Cl)c2)c(C)c1. The van der Waals surface area contributed by atoms with Gasteiger partial charge >= 0.3 is 0 Å². The Hall–Kier alpha value is -4.07. The highest BCUT2D eigenvalue weighted by Crippen LogP contribution is 2.28. The number of carbonyl (C=O) groups is 1. The molecule has 5 heteroatoms. The molecule has 34 heavy (non-hydrogen) atoms. The number of amides is 1. The van der Waals surface area contributed by atoms with Crippen LogP contribution in [0.1, 0.15) is 22.3 Å². The lowest BCUT2D eigenvalue weighted by Crippen LogP contribution is -2.14. The van der Waals surface area contributed by atoms with E-state index in [1.165, 1.54) is 6.08 Å². The van der Waals surface area contributed by atoms with Crippen LogP contribution in [-0.4, -0.2) is 5.91 Å². The smallest absolute Gasteiger partial charge is 0.266 e. The van der Waals surface area contributed by atoms with Crippen molar-refractivity contribution in [1.29, 1.82) is 5.26 Å². The van der Waals surface area contributed by atoms with E-state index in [9.17, 15) is 10.1 Å². The topological polar surface area (TPSA) is 62.1 Å². The minimum Gasteiger partial charge on any atom is -0.487 e. The number of hydrogen-bond donors (Lipinski definition) is 1. The Labute approximate surface area is 204 Å². The van der Waals surface area contributed by atoms with Crippen LogP contribution in [0.4, 0.5) is 5.69 Å². The molecule has 0 saturated carbocycles. The van der Waals surface area contributed by atoms with Crippen LogP contribution in [0.25, 0.3) is 16.8 Å². The molecule has 0 radical (unpaired) electrons. The van der Waals surface area contributed by atoms with E-state index in [4.69, 9.17) is 16.3 Å². The molecule has 0 spiro atoms. The highest BCUT2D eigenvalue weighted by molar-refractivity contribution is 6.32. The molecule has 0 aliphatic rings. The first-order chi connectivity index (χ1) is 16.4. The van der Waals surface area contributed by atoms with Crippen LogP contribution in [0, 0.1) is 25.2 Å². The number of anilines is 1. The molecule has 0 fully saturated rings. The average Bonchev–Trinajstić information content (AvgIpc) is 2.83. The molecule has 4 aromatic rings. The molecule has 4 nitrogen and oxygen atoms in total. The zero-order valence-electron chi connectivity index (χ0n) is 18.9. The number of halogens is 1. The van der Waals surface area contributed by atoms with Crippen molar-refractivity contribution in [1.82, 2.24) is 0 Å². The Balaban J connectivity index is 1.49. The minimum absolute atomic E-state index is 0.0135.